The first-order chi connectivity index (χ1) is 20.7. The highest BCUT2D eigenvalue weighted by molar-refractivity contribution is 5.82. The van der Waals surface area contributed by atoms with Crippen LogP contribution in [0.3, 0.4) is 0 Å². The van der Waals surface area contributed by atoms with Gasteiger partial charge >= 0.3 is 0 Å². The molecule has 6 aliphatic rings. The first kappa shape index (κ1) is 31.3. The first-order valence-corrected chi connectivity index (χ1v) is 18.9. The zero-order valence-corrected chi connectivity index (χ0v) is 26.9. The second kappa shape index (κ2) is 15.5. The van der Waals surface area contributed by atoms with Crippen molar-refractivity contribution < 1.29 is 14.2 Å². The van der Waals surface area contributed by atoms with Crippen LogP contribution in [-0.4, -0.2) is 71.2 Å². The largest absolute Gasteiger partial charge is 0.333 e. The van der Waals surface area contributed by atoms with Gasteiger partial charge in [-0.25, -0.2) is 4.59 Å². The monoisotopic (exact) mass is 587 g/mol. The SMILES string of the molecule is O=C(NC1C[N+]2(CC3CCCCC3)CCCCCCCCN2N1)C1CC(C2CCCCC2)ON1C1CCCCCCC1. The Labute approximate surface area is 257 Å². The van der Waals surface area contributed by atoms with Crippen molar-refractivity contribution in [2.75, 3.05) is 26.2 Å². The molecule has 4 atom stereocenters. The molecule has 4 unspecified atom stereocenters. The molecule has 240 valence electrons. The summed E-state index contributed by atoms with van der Waals surface area (Å²) >= 11 is 0. The highest BCUT2D eigenvalue weighted by atomic mass is 16.7. The molecule has 7 nitrogen and oxygen atoms in total. The van der Waals surface area contributed by atoms with Crippen LogP contribution in [0.25, 0.3) is 0 Å². The summed E-state index contributed by atoms with van der Waals surface area (Å²) in [7, 11) is 0. The number of carbonyl (C=O) groups excluding carboxylic acids is 1. The molecular weight excluding hydrogens is 522 g/mol. The van der Waals surface area contributed by atoms with Gasteiger partial charge in [0, 0.05) is 18.4 Å². The number of nitrogens with one attached hydrogen (secondary N) is 2. The molecule has 3 aliphatic heterocycles. The number of hydrogen-bond acceptors (Lipinski definition) is 5. The number of hydrogen-bond donors (Lipinski definition) is 2. The molecule has 42 heavy (non-hydrogen) atoms. The van der Waals surface area contributed by atoms with E-state index in [2.05, 4.69) is 20.9 Å². The van der Waals surface area contributed by atoms with Crippen molar-refractivity contribution in [2.45, 2.75) is 178 Å². The fraction of sp³-hybridized carbons (Fsp3) is 0.971. The third-order valence-electron chi connectivity index (χ3n) is 12.1. The number of carbonyl (C=O) groups is 1. The van der Waals surface area contributed by atoms with Crippen molar-refractivity contribution in [1.82, 2.24) is 20.9 Å². The van der Waals surface area contributed by atoms with Crippen LogP contribution in [-0.2, 0) is 9.63 Å². The summed E-state index contributed by atoms with van der Waals surface area (Å²) in [6.07, 6.45) is 31.6. The maximum Gasteiger partial charge on any atom is 0.241 e. The number of hydrazine groups is 1. The predicted octanol–water partition coefficient (Wildman–Crippen LogP) is 6.98. The minimum absolute atomic E-state index is 0.0229. The van der Waals surface area contributed by atoms with Crippen LogP contribution < -0.4 is 10.7 Å². The summed E-state index contributed by atoms with van der Waals surface area (Å²) in [6, 6.07) is 0.255. The molecule has 0 spiro atoms. The van der Waals surface area contributed by atoms with Gasteiger partial charge in [-0.15, -0.1) is 0 Å². The summed E-state index contributed by atoms with van der Waals surface area (Å²) in [5.74, 6) is 1.67. The van der Waals surface area contributed by atoms with E-state index in [1.54, 1.807) is 0 Å². The van der Waals surface area contributed by atoms with Crippen molar-refractivity contribution in [1.29, 1.82) is 0 Å². The van der Waals surface area contributed by atoms with Gasteiger partial charge in [0.05, 0.1) is 19.2 Å². The Hall–Kier alpha value is -0.730. The van der Waals surface area contributed by atoms with Gasteiger partial charge in [0.1, 0.15) is 25.3 Å². The van der Waals surface area contributed by atoms with Crippen LogP contribution in [0.5, 0.6) is 0 Å². The van der Waals surface area contributed by atoms with Crippen LogP contribution >= 0.6 is 0 Å². The van der Waals surface area contributed by atoms with E-state index in [0.717, 1.165) is 30.0 Å². The minimum Gasteiger partial charge on any atom is -0.333 e. The van der Waals surface area contributed by atoms with Crippen LogP contribution in [0.1, 0.15) is 154 Å². The molecule has 0 aromatic carbocycles. The van der Waals surface area contributed by atoms with Crippen LogP contribution in [0.15, 0.2) is 0 Å². The summed E-state index contributed by atoms with van der Waals surface area (Å²) in [5, 5.41) is 8.44. The zero-order chi connectivity index (χ0) is 28.6. The van der Waals surface area contributed by atoms with Crippen molar-refractivity contribution in [3.8, 4) is 0 Å². The maximum atomic E-state index is 14.3. The van der Waals surface area contributed by atoms with Crippen LogP contribution in [0, 0.1) is 11.8 Å². The number of rotatable bonds is 6. The van der Waals surface area contributed by atoms with E-state index >= 15 is 0 Å². The number of nitrogens with zero attached hydrogens (tertiary/aromatic N) is 3. The van der Waals surface area contributed by atoms with Gasteiger partial charge in [-0.2, -0.15) is 10.5 Å². The summed E-state index contributed by atoms with van der Waals surface area (Å²) in [5.41, 5.74) is 3.90. The normalized spacial score (nSPS) is 36.2. The van der Waals surface area contributed by atoms with E-state index in [0.29, 0.717) is 12.0 Å². The first-order valence-electron chi connectivity index (χ1n) is 18.9. The van der Waals surface area contributed by atoms with E-state index in [-0.39, 0.29) is 24.2 Å². The van der Waals surface area contributed by atoms with Crippen molar-refractivity contribution in [3.63, 3.8) is 0 Å². The molecule has 2 N–H and O–H groups in total. The van der Waals surface area contributed by atoms with E-state index < -0.39 is 0 Å². The Morgan fingerprint density at radius 3 is 2.07 bits per heavy atom. The van der Waals surface area contributed by atoms with Gasteiger partial charge in [-0.3, -0.25) is 9.63 Å². The van der Waals surface area contributed by atoms with Gasteiger partial charge < -0.3 is 5.32 Å². The lowest BCUT2D eigenvalue weighted by molar-refractivity contribution is -1.03. The molecular formula is C35H64N5O2+. The van der Waals surface area contributed by atoms with Gasteiger partial charge in [0.15, 0.2) is 0 Å². The third-order valence-corrected chi connectivity index (χ3v) is 12.1. The summed E-state index contributed by atoms with van der Waals surface area (Å²) in [6.45, 7) is 4.58. The fourth-order valence-corrected chi connectivity index (χ4v) is 9.74. The summed E-state index contributed by atoms with van der Waals surface area (Å²) in [4.78, 5) is 21.1. The van der Waals surface area contributed by atoms with E-state index in [9.17, 15) is 4.79 Å². The number of quaternary nitrogens is 1. The fourth-order valence-electron chi connectivity index (χ4n) is 9.74. The lowest BCUT2D eigenvalue weighted by Gasteiger charge is -2.43. The topological polar surface area (TPSA) is 56.8 Å². The average molecular weight is 587 g/mol. The smallest absolute Gasteiger partial charge is 0.241 e. The Morgan fingerprint density at radius 2 is 1.33 bits per heavy atom. The molecule has 0 aromatic rings. The number of amides is 1. The number of fused-ring (bicyclic) bond motifs is 1. The lowest BCUT2D eigenvalue weighted by atomic mass is 9.83. The Morgan fingerprint density at radius 1 is 0.738 bits per heavy atom. The molecule has 3 saturated heterocycles. The van der Waals surface area contributed by atoms with E-state index in [4.69, 9.17) is 4.84 Å². The summed E-state index contributed by atoms with van der Waals surface area (Å²) < 4.78 is 1.05. The molecule has 3 heterocycles. The van der Waals surface area contributed by atoms with Gasteiger partial charge in [-0.1, -0.05) is 95.0 Å². The second-order valence-corrected chi connectivity index (χ2v) is 15.3. The number of hydroxylamine groups is 2. The second-order valence-electron chi connectivity index (χ2n) is 15.3. The molecule has 0 radical (unpaired) electrons. The van der Waals surface area contributed by atoms with Crippen molar-refractivity contribution >= 4 is 5.91 Å². The van der Waals surface area contributed by atoms with E-state index in [1.165, 1.54) is 161 Å². The molecule has 6 fully saturated rings. The Kier molecular flexibility index (Phi) is 11.5. The Balaban J connectivity index is 1.16. The highest BCUT2D eigenvalue weighted by Crippen LogP contribution is 2.38. The van der Waals surface area contributed by atoms with Gasteiger partial charge in [0.2, 0.25) is 5.91 Å². The lowest BCUT2D eigenvalue weighted by Crippen LogP contribution is -2.61. The molecule has 3 saturated carbocycles. The van der Waals surface area contributed by atoms with Gasteiger partial charge in [0.25, 0.3) is 0 Å². The van der Waals surface area contributed by atoms with E-state index in [1.807, 2.05) is 0 Å². The van der Waals surface area contributed by atoms with Crippen molar-refractivity contribution in [2.24, 2.45) is 11.8 Å². The van der Waals surface area contributed by atoms with Crippen LogP contribution in [0.2, 0.25) is 0 Å². The maximum absolute atomic E-state index is 14.3. The highest BCUT2D eigenvalue weighted by Gasteiger charge is 2.49. The molecule has 3 aliphatic carbocycles. The third kappa shape index (κ3) is 7.91. The minimum atomic E-state index is -0.139. The van der Waals surface area contributed by atoms with Gasteiger partial charge in [-0.05, 0) is 63.7 Å². The van der Waals surface area contributed by atoms with Crippen LogP contribution in [0.4, 0.5) is 0 Å². The molecule has 0 bridgehead atoms. The quantitative estimate of drug-likeness (QED) is 0.329. The standard InChI is InChI=1S/C35H63N5O2/c41-35(32-26-33(30-20-12-9-13-21-30)42-39(32)31-22-14-4-3-5-15-23-31)36-34-28-40(27-29-18-10-8-11-19-29)25-17-7-2-1-6-16-24-38(40)37-34/h29-34,37H,1-28H2/p+1. The molecule has 7 heteroatoms. The molecule has 1 amide bonds. The predicted molar refractivity (Wildman–Crippen MR) is 169 cm³/mol. The molecule has 6 rings (SSSR count). The zero-order valence-electron chi connectivity index (χ0n) is 26.9. The van der Waals surface area contributed by atoms with Crippen molar-refractivity contribution in [3.05, 3.63) is 0 Å². The Bertz CT molecular complexity index is 822. The molecule has 0 aromatic heterocycles. The average Bonchev–Trinajstić information content (AvgIpc) is 3.58.